The fourth-order valence-electron chi connectivity index (χ4n) is 12.8. The summed E-state index contributed by atoms with van der Waals surface area (Å²) in [7, 11) is -9.91. The van der Waals surface area contributed by atoms with Crippen LogP contribution in [-0.2, 0) is 65.4 Å². The molecule has 0 aliphatic carbocycles. The van der Waals surface area contributed by atoms with E-state index in [0.29, 0.717) is 25.7 Å². The van der Waals surface area contributed by atoms with Crippen molar-refractivity contribution in [2.45, 2.75) is 463 Å². The van der Waals surface area contributed by atoms with E-state index in [-0.39, 0.29) is 25.7 Å². The zero-order valence-corrected chi connectivity index (χ0v) is 67.7. The maximum absolute atomic E-state index is 13.1. The van der Waals surface area contributed by atoms with Gasteiger partial charge < -0.3 is 33.8 Å². The van der Waals surface area contributed by atoms with Gasteiger partial charge in [0, 0.05) is 25.7 Å². The highest BCUT2D eigenvalue weighted by molar-refractivity contribution is 7.47. The average molecular weight is 1480 g/mol. The molecule has 0 radical (unpaired) electrons. The largest absolute Gasteiger partial charge is 0.472 e. The number of phosphoric ester groups is 2. The van der Waals surface area contributed by atoms with E-state index in [1.54, 1.807) is 0 Å². The van der Waals surface area contributed by atoms with E-state index in [2.05, 4.69) is 27.7 Å². The molecule has 0 aliphatic heterocycles. The van der Waals surface area contributed by atoms with Gasteiger partial charge in [0.25, 0.3) is 0 Å². The van der Waals surface area contributed by atoms with Gasteiger partial charge in [-0.1, -0.05) is 394 Å². The van der Waals surface area contributed by atoms with E-state index in [4.69, 9.17) is 37.0 Å². The summed E-state index contributed by atoms with van der Waals surface area (Å²) in [5.74, 6) is -2.12. The number of carbonyl (C=O) groups excluding carboxylic acids is 4. The second-order valence-corrected chi connectivity index (χ2v) is 32.4. The van der Waals surface area contributed by atoms with Crippen molar-refractivity contribution in [2.75, 3.05) is 39.6 Å². The molecule has 600 valence electrons. The minimum Gasteiger partial charge on any atom is -0.462 e. The minimum absolute atomic E-state index is 0.108. The molecule has 19 heteroatoms. The molecule has 0 saturated heterocycles. The Hall–Kier alpha value is -1.94. The van der Waals surface area contributed by atoms with Gasteiger partial charge in [-0.05, 0) is 25.7 Å². The lowest BCUT2D eigenvalue weighted by Gasteiger charge is -2.21. The van der Waals surface area contributed by atoms with Gasteiger partial charge in [-0.3, -0.25) is 37.3 Å². The molecule has 0 aromatic rings. The van der Waals surface area contributed by atoms with Gasteiger partial charge >= 0.3 is 39.5 Å². The van der Waals surface area contributed by atoms with Crippen LogP contribution in [0.15, 0.2) is 0 Å². The normalized spacial score (nSPS) is 13.8. The molecule has 0 aliphatic rings. The van der Waals surface area contributed by atoms with Crippen LogP contribution in [0.5, 0.6) is 0 Å². The first-order valence-corrected chi connectivity index (χ1v) is 45.8. The van der Waals surface area contributed by atoms with Gasteiger partial charge in [0.2, 0.25) is 0 Å². The van der Waals surface area contributed by atoms with E-state index in [9.17, 15) is 43.2 Å². The highest BCUT2D eigenvalue weighted by Gasteiger charge is 2.30. The maximum Gasteiger partial charge on any atom is 0.472 e. The first-order chi connectivity index (χ1) is 49.2. The van der Waals surface area contributed by atoms with Gasteiger partial charge in [0.1, 0.15) is 19.3 Å². The lowest BCUT2D eigenvalue weighted by Crippen LogP contribution is -2.30. The fourth-order valence-corrected chi connectivity index (χ4v) is 14.4. The number of carbonyl (C=O) groups is 4. The van der Waals surface area contributed by atoms with E-state index in [1.807, 2.05) is 0 Å². The average Bonchev–Trinajstić information content (AvgIpc) is 1.05. The van der Waals surface area contributed by atoms with Crippen LogP contribution < -0.4 is 0 Å². The molecule has 5 atom stereocenters. The van der Waals surface area contributed by atoms with E-state index < -0.39 is 97.5 Å². The Morgan fingerprint density at radius 2 is 0.396 bits per heavy atom. The lowest BCUT2D eigenvalue weighted by molar-refractivity contribution is -0.161. The molecule has 0 fully saturated rings. The van der Waals surface area contributed by atoms with E-state index >= 15 is 0 Å². The zero-order chi connectivity index (χ0) is 73.9. The number of aliphatic hydroxyl groups excluding tert-OH is 1. The van der Waals surface area contributed by atoms with Crippen LogP contribution in [0.25, 0.3) is 0 Å². The molecular formula is C82H160O17P2. The smallest absolute Gasteiger partial charge is 0.462 e. The predicted molar refractivity (Wildman–Crippen MR) is 414 cm³/mol. The van der Waals surface area contributed by atoms with Crippen molar-refractivity contribution in [3.8, 4) is 0 Å². The number of ether oxygens (including phenoxy) is 4. The predicted octanol–water partition coefficient (Wildman–Crippen LogP) is 25.0. The van der Waals surface area contributed by atoms with Crippen molar-refractivity contribution >= 4 is 39.5 Å². The van der Waals surface area contributed by atoms with Crippen molar-refractivity contribution in [3.05, 3.63) is 0 Å². The van der Waals surface area contributed by atoms with Crippen molar-refractivity contribution < 1.29 is 80.2 Å². The first kappa shape index (κ1) is 99.1. The third-order valence-corrected chi connectivity index (χ3v) is 21.3. The maximum atomic E-state index is 13.1. The second-order valence-electron chi connectivity index (χ2n) is 29.5. The molecule has 0 amide bonds. The number of esters is 4. The number of hydrogen-bond acceptors (Lipinski definition) is 15. The molecule has 0 saturated carbocycles. The molecule has 2 unspecified atom stereocenters. The Balaban J connectivity index is 5.11. The van der Waals surface area contributed by atoms with Crippen molar-refractivity contribution in [3.63, 3.8) is 0 Å². The molecular weight excluding hydrogens is 1320 g/mol. The molecule has 3 N–H and O–H groups in total. The lowest BCUT2D eigenvalue weighted by atomic mass is 10.0. The highest BCUT2D eigenvalue weighted by Crippen LogP contribution is 2.45. The Morgan fingerprint density at radius 1 is 0.238 bits per heavy atom. The summed E-state index contributed by atoms with van der Waals surface area (Å²) < 4.78 is 68.5. The standard InChI is InChI=1S/C82H160O17P2/c1-5-9-13-17-20-23-26-29-32-35-37-39-42-45-48-51-54-57-61-65-69-82(87)99-78(73-93-80(85)67-63-59-55-52-49-46-43-41-38-36-33-30-27-24-21-18-14-10-6-2)75-97-101(90,91)95-71-76(83)70-94-100(88,89)96-74-77(72-92-79(84)66-62-58-16-12-8-4)98-81(86)68-64-60-56-53-50-47-44-40-34-31-28-25-22-19-15-11-7-3/h76-78,83H,5-75H2,1-4H3,(H,88,89)(H,90,91)/t76-,77+,78+/m0/s1. The molecule has 0 aromatic carbocycles. The van der Waals surface area contributed by atoms with Gasteiger partial charge in [0.05, 0.1) is 26.4 Å². The van der Waals surface area contributed by atoms with Crippen LogP contribution in [0.2, 0.25) is 0 Å². The van der Waals surface area contributed by atoms with Crippen LogP contribution in [-0.4, -0.2) is 96.7 Å². The van der Waals surface area contributed by atoms with Gasteiger partial charge in [-0.25, -0.2) is 9.13 Å². The summed E-state index contributed by atoms with van der Waals surface area (Å²) in [6.45, 7) is 4.94. The molecule has 0 rings (SSSR count). The minimum atomic E-state index is -4.96. The third kappa shape index (κ3) is 76.1. The van der Waals surface area contributed by atoms with E-state index in [1.165, 1.54) is 270 Å². The van der Waals surface area contributed by atoms with Crippen LogP contribution in [0.3, 0.4) is 0 Å². The van der Waals surface area contributed by atoms with Crippen LogP contribution in [0.1, 0.15) is 445 Å². The SMILES string of the molecule is CCCCCCCCCCCCCCCCCCCCCCC(=O)O[C@H](COC(=O)CCCCCCCCCCCCCCCCCCCCC)COP(=O)(O)OC[C@@H](O)COP(=O)(O)OC[C@@H](COC(=O)CCCCCCC)OC(=O)CCCCCCCCCCCCCCCCCCC. The fraction of sp³-hybridized carbons (Fsp3) is 0.951. The summed E-state index contributed by atoms with van der Waals surface area (Å²) in [6.07, 6.45) is 70.0. The van der Waals surface area contributed by atoms with E-state index in [0.717, 1.165) is 96.3 Å². The van der Waals surface area contributed by atoms with Crippen LogP contribution in [0, 0.1) is 0 Å². The monoisotopic (exact) mass is 1480 g/mol. The Labute approximate surface area is 619 Å². The summed E-state index contributed by atoms with van der Waals surface area (Å²) in [5, 5.41) is 10.6. The van der Waals surface area contributed by atoms with Crippen LogP contribution in [0.4, 0.5) is 0 Å². The molecule has 0 aromatic heterocycles. The Bertz CT molecular complexity index is 1910. The number of phosphoric acid groups is 2. The van der Waals surface area contributed by atoms with Crippen molar-refractivity contribution in [2.24, 2.45) is 0 Å². The summed E-state index contributed by atoms with van der Waals surface area (Å²) >= 11 is 0. The quantitative estimate of drug-likeness (QED) is 0.0222. The number of hydrogen-bond donors (Lipinski definition) is 3. The highest BCUT2D eigenvalue weighted by atomic mass is 31.2. The Kier molecular flexibility index (Phi) is 74.8. The molecule has 17 nitrogen and oxygen atoms in total. The van der Waals surface area contributed by atoms with Gasteiger partial charge in [0.15, 0.2) is 12.2 Å². The van der Waals surface area contributed by atoms with Crippen molar-refractivity contribution in [1.82, 2.24) is 0 Å². The molecule has 0 heterocycles. The number of rotatable bonds is 83. The second kappa shape index (κ2) is 76.3. The third-order valence-electron chi connectivity index (χ3n) is 19.4. The van der Waals surface area contributed by atoms with Gasteiger partial charge in [-0.15, -0.1) is 0 Å². The topological polar surface area (TPSA) is 237 Å². The number of aliphatic hydroxyl groups is 1. The first-order valence-electron chi connectivity index (χ1n) is 42.8. The van der Waals surface area contributed by atoms with Gasteiger partial charge in [-0.2, -0.15) is 0 Å². The van der Waals surface area contributed by atoms with Crippen molar-refractivity contribution in [1.29, 1.82) is 0 Å². The summed E-state index contributed by atoms with van der Waals surface area (Å²) in [5.41, 5.74) is 0. The molecule has 0 spiro atoms. The van der Waals surface area contributed by atoms with Crippen LogP contribution >= 0.6 is 15.6 Å². The molecule has 0 bridgehead atoms. The summed E-state index contributed by atoms with van der Waals surface area (Å²) in [4.78, 5) is 72.8. The summed E-state index contributed by atoms with van der Waals surface area (Å²) in [6, 6.07) is 0. The zero-order valence-electron chi connectivity index (χ0n) is 65.9. The molecule has 101 heavy (non-hydrogen) atoms. The number of unbranched alkanes of at least 4 members (excludes halogenated alkanes) is 57. The Morgan fingerprint density at radius 3 is 0.584 bits per heavy atom.